The Labute approximate surface area is 137 Å². The largest absolute Gasteiger partial charge is 0.338 e. The molecule has 3 rings (SSSR count). The zero-order chi connectivity index (χ0) is 17.4. The number of halogens is 2. The monoisotopic (exact) mass is 337 g/mol. The molecule has 0 N–H and O–H groups in total. The number of hydrogen-bond donors (Lipinski definition) is 0. The number of carbonyl (C=O) groups excluding carboxylic acids is 3. The van der Waals surface area contributed by atoms with Crippen molar-refractivity contribution in [2.24, 2.45) is 0 Å². The molecule has 1 atom stereocenters. The summed E-state index contributed by atoms with van der Waals surface area (Å²) in [5.74, 6) is -2.80. The molecule has 3 amide bonds. The minimum atomic E-state index is -1.03. The molecule has 0 unspecified atom stereocenters. The fourth-order valence-electron chi connectivity index (χ4n) is 3.11. The topological polar surface area (TPSA) is 60.9 Å². The Morgan fingerprint density at radius 3 is 2.75 bits per heavy atom. The summed E-state index contributed by atoms with van der Waals surface area (Å²) in [6.45, 7) is 0.651. The lowest BCUT2D eigenvalue weighted by molar-refractivity contribution is -0.160. The van der Waals surface area contributed by atoms with Crippen molar-refractivity contribution in [2.45, 2.75) is 12.5 Å². The van der Waals surface area contributed by atoms with Crippen LogP contribution >= 0.6 is 0 Å². The van der Waals surface area contributed by atoms with Crippen molar-refractivity contribution in [1.82, 2.24) is 14.7 Å². The first-order valence-electron chi connectivity index (χ1n) is 7.63. The van der Waals surface area contributed by atoms with Gasteiger partial charge in [0, 0.05) is 25.7 Å². The van der Waals surface area contributed by atoms with Crippen LogP contribution in [-0.4, -0.2) is 71.7 Å². The molecule has 0 saturated carbocycles. The second-order valence-electron chi connectivity index (χ2n) is 6.03. The van der Waals surface area contributed by atoms with E-state index in [4.69, 9.17) is 0 Å². The first kappa shape index (κ1) is 16.4. The molecule has 2 saturated heterocycles. The zero-order valence-electron chi connectivity index (χ0n) is 13.2. The van der Waals surface area contributed by atoms with Gasteiger partial charge in [-0.2, -0.15) is 0 Å². The maximum atomic E-state index is 13.7. The summed E-state index contributed by atoms with van der Waals surface area (Å²) in [7, 11) is 1.54. The Kier molecular flexibility index (Phi) is 4.21. The van der Waals surface area contributed by atoms with Crippen LogP contribution < -0.4 is 0 Å². The van der Waals surface area contributed by atoms with Gasteiger partial charge in [-0.1, -0.05) is 12.1 Å². The summed E-state index contributed by atoms with van der Waals surface area (Å²) in [5, 5.41) is 0. The first-order valence-corrected chi connectivity index (χ1v) is 7.63. The maximum absolute atomic E-state index is 13.7. The van der Waals surface area contributed by atoms with Gasteiger partial charge in [-0.3, -0.25) is 14.4 Å². The fraction of sp³-hybridized carbons (Fsp3) is 0.438. The summed E-state index contributed by atoms with van der Waals surface area (Å²) in [4.78, 5) is 40.8. The van der Waals surface area contributed by atoms with Gasteiger partial charge in [-0.25, -0.2) is 8.78 Å². The molecule has 24 heavy (non-hydrogen) atoms. The quantitative estimate of drug-likeness (QED) is 0.764. The number of amides is 3. The molecule has 2 aliphatic rings. The van der Waals surface area contributed by atoms with Crippen LogP contribution in [0, 0.1) is 11.6 Å². The van der Waals surface area contributed by atoms with E-state index in [1.165, 1.54) is 26.8 Å². The van der Waals surface area contributed by atoms with E-state index in [0.717, 1.165) is 6.07 Å². The minimum Gasteiger partial charge on any atom is -0.338 e. The molecular formula is C16H17F2N3O3. The predicted molar refractivity (Wildman–Crippen MR) is 79.8 cm³/mol. The van der Waals surface area contributed by atoms with E-state index in [-0.39, 0.29) is 50.0 Å². The van der Waals surface area contributed by atoms with Gasteiger partial charge in [0.05, 0.1) is 19.5 Å². The highest BCUT2D eigenvalue weighted by Crippen LogP contribution is 2.19. The average molecular weight is 337 g/mol. The second kappa shape index (κ2) is 6.18. The number of likely N-dealkylation sites (N-methyl/N-ethyl adjacent to an activating group) is 1. The molecule has 0 aromatic heterocycles. The van der Waals surface area contributed by atoms with E-state index >= 15 is 0 Å². The number of carbonyl (C=O) groups is 3. The van der Waals surface area contributed by atoms with Crippen LogP contribution in [0.25, 0.3) is 0 Å². The molecule has 0 radical (unpaired) electrons. The number of fused-ring (bicyclic) bond motifs is 1. The molecule has 1 aromatic carbocycles. The van der Waals surface area contributed by atoms with Crippen molar-refractivity contribution >= 4 is 17.7 Å². The number of nitrogens with zero attached hydrogens (tertiary/aromatic N) is 3. The molecule has 0 spiro atoms. The highest BCUT2D eigenvalue weighted by Gasteiger charge is 2.42. The molecular weight excluding hydrogens is 320 g/mol. The minimum absolute atomic E-state index is 0.0226. The Hall–Kier alpha value is -2.51. The van der Waals surface area contributed by atoms with E-state index < -0.39 is 23.6 Å². The third kappa shape index (κ3) is 2.83. The van der Waals surface area contributed by atoms with E-state index in [2.05, 4.69) is 0 Å². The summed E-state index contributed by atoms with van der Waals surface area (Å²) in [5.41, 5.74) is -0.0226. The Morgan fingerprint density at radius 1 is 1.25 bits per heavy atom. The van der Waals surface area contributed by atoms with Gasteiger partial charge >= 0.3 is 0 Å². The van der Waals surface area contributed by atoms with Crippen LogP contribution in [0.4, 0.5) is 8.78 Å². The van der Waals surface area contributed by atoms with Crippen molar-refractivity contribution < 1.29 is 23.2 Å². The van der Waals surface area contributed by atoms with Gasteiger partial charge in [0.1, 0.15) is 6.04 Å². The molecule has 128 valence electrons. The molecule has 2 heterocycles. The third-order valence-electron chi connectivity index (χ3n) is 4.46. The van der Waals surface area contributed by atoms with Crippen molar-refractivity contribution in [3.05, 3.63) is 35.4 Å². The SMILES string of the molecule is CN1CC(=O)N2CCN(C(=O)Cc3cccc(F)c3F)C[C@@H]2C1=O. The fourth-order valence-corrected chi connectivity index (χ4v) is 3.11. The van der Waals surface area contributed by atoms with E-state index in [1.807, 2.05) is 0 Å². The molecule has 8 heteroatoms. The summed E-state index contributed by atoms with van der Waals surface area (Å²) in [6.07, 6.45) is -0.283. The highest BCUT2D eigenvalue weighted by atomic mass is 19.2. The van der Waals surface area contributed by atoms with Gasteiger partial charge in [0.2, 0.25) is 17.7 Å². The van der Waals surface area contributed by atoms with Gasteiger partial charge in [0.25, 0.3) is 0 Å². The van der Waals surface area contributed by atoms with Crippen LogP contribution in [0.2, 0.25) is 0 Å². The highest BCUT2D eigenvalue weighted by molar-refractivity contribution is 5.95. The predicted octanol–water partition coefficient (Wildman–Crippen LogP) is 0.0187. The molecule has 0 bridgehead atoms. The van der Waals surface area contributed by atoms with E-state index in [1.54, 1.807) is 7.05 Å². The lowest BCUT2D eigenvalue weighted by Gasteiger charge is -2.45. The van der Waals surface area contributed by atoms with Crippen molar-refractivity contribution in [2.75, 3.05) is 33.2 Å². The molecule has 2 fully saturated rings. The van der Waals surface area contributed by atoms with Crippen LogP contribution in [-0.2, 0) is 20.8 Å². The van der Waals surface area contributed by atoms with Crippen LogP contribution in [0.5, 0.6) is 0 Å². The Balaban J connectivity index is 1.72. The summed E-state index contributed by atoms with van der Waals surface area (Å²) < 4.78 is 26.9. The Bertz CT molecular complexity index is 710. The lowest BCUT2D eigenvalue weighted by Crippen LogP contribution is -2.66. The van der Waals surface area contributed by atoms with E-state index in [0.29, 0.717) is 0 Å². The third-order valence-corrected chi connectivity index (χ3v) is 4.46. The maximum Gasteiger partial charge on any atom is 0.247 e. The molecule has 6 nitrogen and oxygen atoms in total. The van der Waals surface area contributed by atoms with Crippen molar-refractivity contribution in [3.63, 3.8) is 0 Å². The zero-order valence-corrected chi connectivity index (χ0v) is 13.2. The number of rotatable bonds is 2. The average Bonchev–Trinajstić information content (AvgIpc) is 2.56. The summed E-state index contributed by atoms with van der Waals surface area (Å²) >= 11 is 0. The Morgan fingerprint density at radius 2 is 2.00 bits per heavy atom. The smallest absolute Gasteiger partial charge is 0.247 e. The molecule has 1 aromatic rings. The van der Waals surface area contributed by atoms with Crippen molar-refractivity contribution in [3.8, 4) is 0 Å². The van der Waals surface area contributed by atoms with Gasteiger partial charge in [-0.15, -0.1) is 0 Å². The standard InChI is InChI=1S/C16H17F2N3O3/c1-19-9-14(23)21-6-5-20(8-12(21)16(19)24)13(22)7-10-3-2-4-11(17)15(10)18/h2-4,12H,5-9H2,1H3/t12-/m1/s1. The molecule has 0 aliphatic carbocycles. The van der Waals surface area contributed by atoms with Crippen molar-refractivity contribution in [1.29, 1.82) is 0 Å². The number of piperazine rings is 2. The lowest BCUT2D eigenvalue weighted by atomic mass is 10.1. The molecule has 2 aliphatic heterocycles. The normalized spacial score (nSPS) is 21.1. The second-order valence-corrected chi connectivity index (χ2v) is 6.03. The van der Waals surface area contributed by atoms with Gasteiger partial charge in [0.15, 0.2) is 11.6 Å². The van der Waals surface area contributed by atoms with E-state index in [9.17, 15) is 23.2 Å². The van der Waals surface area contributed by atoms with Crippen LogP contribution in [0.15, 0.2) is 18.2 Å². The number of hydrogen-bond acceptors (Lipinski definition) is 3. The summed E-state index contributed by atoms with van der Waals surface area (Å²) in [6, 6.07) is 2.99. The number of benzene rings is 1. The van der Waals surface area contributed by atoms with Gasteiger partial charge < -0.3 is 14.7 Å². The van der Waals surface area contributed by atoms with Crippen LogP contribution in [0.1, 0.15) is 5.56 Å². The van der Waals surface area contributed by atoms with Crippen LogP contribution in [0.3, 0.4) is 0 Å². The first-order chi connectivity index (χ1) is 11.4. The van der Waals surface area contributed by atoms with Gasteiger partial charge in [-0.05, 0) is 6.07 Å².